The first-order chi connectivity index (χ1) is 7.78. The molecule has 1 aromatic carbocycles. The minimum Gasteiger partial charge on any atom is -0.460 e. The number of halogens is 1. The molecule has 0 aliphatic rings. The van der Waals surface area contributed by atoms with Crippen LogP contribution in [0.3, 0.4) is 0 Å². The number of ether oxygens (including phenoxy) is 1. The minimum absolute atomic E-state index is 0.0289. The van der Waals surface area contributed by atoms with Gasteiger partial charge in [0, 0.05) is 4.47 Å². The van der Waals surface area contributed by atoms with Crippen molar-refractivity contribution in [3.8, 4) is 0 Å². The van der Waals surface area contributed by atoms with E-state index >= 15 is 0 Å². The maximum absolute atomic E-state index is 11.5. The van der Waals surface area contributed by atoms with Crippen molar-refractivity contribution in [3.63, 3.8) is 0 Å². The number of hydrogen-bond acceptors (Lipinski definition) is 3. The fourth-order valence-electron chi connectivity index (χ4n) is 1.34. The molecule has 1 atom stereocenters. The van der Waals surface area contributed by atoms with E-state index in [1.807, 2.05) is 12.1 Å². The van der Waals surface area contributed by atoms with Crippen LogP contribution in [0.2, 0.25) is 0 Å². The van der Waals surface area contributed by atoms with Crippen LogP contribution in [0.1, 0.15) is 38.9 Å². The molecule has 0 aliphatic carbocycles. The van der Waals surface area contributed by atoms with Gasteiger partial charge < -0.3 is 9.84 Å². The summed E-state index contributed by atoms with van der Waals surface area (Å²) >= 11 is 3.31. The highest BCUT2D eigenvalue weighted by Gasteiger charge is 2.19. The van der Waals surface area contributed by atoms with E-state index in [1.165, 1.54) is 0 Å². The number of carbonyl (C=O) groups excluding carboxylic acids is 1. The van der Waals surface area contributed by atoms with E-state index in [0.29, 0.717) is 5.56 Å². The zero-order valence-corrected chi connectivity index (χ0v) is 11.8. The molecule has 0 saturated carbocycles. The maximum atomic E-state index is 11.5. The standard InChI is InChI=1S/C13H17BrO3/c1-13(2,3)17-12(16)8-11(15)9-4-6-10(14)7-5-9/h4-7,11,15H,8H2,1-3H3. The van der Waals surface area contributed by atoms with E-state index in [4.69, 9.17) is 4.74 Å². The average molecular weight is 301 g/mol. The fourth-order valence-corrected chi connectivity index (χ4v) is 1.61. The Hall–Kier alpha value is -0.870. The molecule has 1 N–H and O–H groups in total. The van der Waals surface area contributed by atoms with Crippen LogP contribution in [0, 0.1) is 0 Å². The third-order valence-corrected chi connectivity index (χ3v) is 2.56. The van der Waals surface area contributed by atoms with Crippen molar-refractivity contribution in [3.05, 3.63) is 34.3 Å². The predicted molar refractivity (Wildman–Crippen MR) is 69.6 cm³/mol. The minimum atomic E-state index is -0.821. The molecule has 0 saturated heterocycles. The van der Waals surface area contributed by atoms with E-state index in [9.17, 15) is 9.90 Å². The first kappa shape index (κ1) is 14.2. The topological polar surface area (TPSA) is 46.5 Å². The van der Waals surface area contributed by atoms with Crippen molar-refractivity contribution >= 4 is 21.9 Å². The lowest BCUT2D eigenvalue weighted by atomic mass is 10.1. The van der Waals surface area contributed by atoms with Crippen LogP contribution < -0.4 is 0 Å². The van der Waals surface area contributed by atoms with Crippen LogP contribution in [0.25, 0.3) is 0 Å². The van der Waals surface area contributed by atoms with Gasteiger partial charge in [0.15, 0.2) is 0 Å². The summed E-state index contributed by atoms with van der Waals surface area (Å²) in [6.07, 6.45) is -0.850. The summed E-state index contributed by atoms with van der Waals surface area (Å²) in [5.74, 6) is -0.395. The lowest BCUT2D eigenvalue weighted by molar-refractivity contribution is -0.157. The van der Waals surface area contributed by atoms with Gasteiger partial charge >= 0.3 is 5.97 Å². The summed E-state index contributed by atoms with van der Waals surface area (Å²) in [4.78, 5) is 11.5. The Bertz CT molecular complexity index is 379. The average Bonchev–Trinajstić information content (AvgIpc) is 2.15. The van der Waals surface area contributed by atoms with Crippen molar-refractivity contribution < 1.29 is 14.6 Å². The normalized spacial score (nSPS) is 13.2. The van der Waals surface area contributed by atoms with E-state index < -0.39 is 17.7 Å². The molecule has 0 fully saturated rings. The van der Waals surface area contributed by atoms with Crippen molar-refractivity contribution in [1.82, 2.24) is 0 Å². The van der Waals surface area contributed by atoms with Crippen molar-refractivity contribution in [2.45, 2.75) is 38.9 Å². The summed E-state index contributed by atoms with van der Waals surface area (Å²) in [6.45, 7) is 5.41. The molecular formula is C13H17BrO3. The molecule has 0 aromatic heterocycles. The van der Waals surface area contributed by atoms with Gasteiger partial charge in [-0.05, 0) is 38.5 Å². The fraction of sp³-hybridized carbons (Fsp3) is 0.462. The molecule has 1 rings (SSSR count). The summed E-state index contributed by atoms with van der Waals surface area (Å²) in [5.41, 5.74) is 0.190. The molecule has 0 aliphatic heterocycles. The smallest absolute Gasteiger partial charge is 0.309 e. The van der Waals surface area contributed by atoms with Gasteiger partial charge in [-0.3, -0.25) is 4.79 Å². The Balaban J connectivity index is 2.57. The highest BCUT2D eigenvalue weighted by molar-refractivity contribution is 9.10. The van der Waals surface area contributed by atoms with Crippen molar-refractivity contribution in [1.29, 1.82) is 0 Å². The zero-order chi connectivity index (χ0) is 13.1. The van der Waals surface area contributed by atoms with Crippen LogP contribution in [0.5, 0.6) is 0 Å². The van der Waals surface area contributed by atoms with Gasteiger partial charge in [-0.25, -0.2) is 0 Å². The highest BCUT2D eigenvalue weighted by atomic mass is 79.9. The first-order valence-corrected chi connectivity index (χ1v) is 6.22. The van der Waals surface area contributed by atoms with E-state index in [-0.39, 0.29) is 6.42 Å². The van der Waals surface area contributed by atoms with Crippen LogP contribution in [0.4, 0.5) is 0 Å². The Morgan fingerprint density at radius 2 is 1.88 bits per heavy atom. The number of carbonyl (C=O) groups is 1. The van der Waals surface area contributed by atoms with Gasteiger partial charge in [-0.15, -0.1) is 0 Å². The van der Waals surface area contributed by atoms with Crippen LogP contribution in [-0.2, 0) is 9.53 Å². The lowest BCUT2D eigenvalue weighted by Gasteiger charge is -2.20. The molecule has 3 nitrogen and oxygen atoms in total. The molecule has 0 radical (unpaired) electrons. The second-order valence-electron chi connectivity index (χ2n) is 4.86. The number of esters is 1. The monoisotopic (exact) mass is 300 g/mol. The predicted octanol–water partition coefficient (Wildman–Crippen LogP) is 3.21. The molecule has 0 amide bonds. The second kappa shape index (κ2) is 5.65. The first-order valence-electron chi connectivity index (χ1n) is 5.43. The molecule has 1 unspecified atom stereocenters. The van der Waals surface area contributed by atoms with Gasteiger partial charge in [0.1, 0.15) is 5.60 Å². The molecule has 0 bridgehead atoms. The molecule has 1 aromatic rings. The van der Waals surface area contributed by atoms with E-state index in [1.54, 1.807) is 32.9 Å². The van der Waals surface area contributed by atoms with Gasteiger partial charge in [0.25, 0.3) is 0 Å². The molecule has 4 heteroatoms. The molecular weight excluding hydrogens is 284 g/mol. The lowest BCUT2D eigenvalue weighted by Crippen LogP contribution is -2.24. The van der Waals surface area contributed by atoms with E-state index in [0.717, 1.165) is 4.47 Å². The summed E-state index contributed by atoms with van der Waals surface area (Å²) in [6, 6.07) is 7.21. The molecule has 17 heavy (non-hydrogen) atoms. The molecule has 0 heterocycles. The second-order valence-corrected chi connectivity index (χ2v) is 5.77. The Morgan fingerprint density at radius 3 is 2.35 bits per heavy atom. The molecule has 0 spiro atoms. The largest absolute Gasteiger partial charge is 0.460 e. The van der Waals surface area contributed by atoms with Crippen molar-refractivity contribution in [2.75, 3.05) is 0 Å². The molecule has 94 valence electrons. The number of benzene rings is 1. The summed E-state index contributed by atoms with van der Waals surface area (Å²) < 4.78 is 6.08. The Labute approximate surface area is 110 Å². The quantitative estimate of drug-likeness (QED) is 0.872. The highest BCUT2D eigenvalue weighted by Crippen LogP contribution is 2.21. The number of aliphatic hydroxyl groups is 1. The van der Waals surface area contributed by atoms with Gasteiger partial charge in [-0.1, -0.05) is 28.1 Å². The number of hydrogen-bond donors (Lipinski definition) is 1. The maximum Gasteiger partial charge on any atom is 0.309 e. The van der Waals surface area contributed by atoms with Crippen LogP contribution >= 0.6 is 15.9 Å². The zero-order valence-electron chi connectivity index (χ0n) is 10.2. The van der Waals surface area contributed by atoms with E-state index in [2.05, 4.69) is 15.9 Å². The summed E-state index contributed by atoms with van der Waals surface area (Å²) in [7, 11) is 0. The van der Waals surface area contributed by atoms with Gasteiger partial charge in [-0.2, -0.15) is 0 Å². The van der Waals surface area contributed by atoms with Crippen molar-refractivity contribution in [2.24, 2.45) is 0 Å². The number of rotatable bonds is 3. The Morgan fingerprint density at radius 1 is 1.35 bits per heavy atom. The van der Waals surface area contributed by atoms with Crippen LogP contribution in [-0.4, -0.2) is 16.7 Å². The van der Waals surface area contributed by atoms with Gasteiger partial charge in [0.05, 0.1) is 12.5 Å². The van der Waals surface area contributed by atoms with Gasteiger partial charge in [0.2, 0.25) is 0 Å². The Kier molecular flexibility index (Phi) is 4.71. The SMILES string of the molecule is CC(C)(C)OC(=O)CC(O)c1ccc(Br)cc1. The third-order valence-electron chi connectivity index (χ3n) is 2.03. The number of aliphatic hydroxyl groups excluding tert-OH is 1. The van der Waals surface area contributed by atoms with Crippen LogP contribution in [0.15, 0.2) is 28.7 Å². The third kappa shape index (κ3) is 5.33. The summed E-state index contributed by atoms with van der Waals surface area (Å²) in [5, 5.41) is 9.86.